The molecule has 0 spiro atoms. The van der Waals surface area contributed by atoms with Gasteiger partial charge in [0.2, 0.25) is 5.78 Å². The van der Waals surface area contributed by atoms with Crippen molar-refractivity contribution < 1.29 is 53.3 Å². The first-order chi connectivity index (χ1) is 24.5. The van der Waals surface area contributed by atoms with Crippen LogP contribution in [0.25, 0.3) is 10.8 Å². The third kappa shape index (κ3) is 6.32. The Bertz CT molecular complexity index is 2160. The minimum Gasteiger partial charge on any atom is -0.507 e. The van der Waals surface area contributed by atoms with Crippen LogP contribution in [0.4, 0.5) is 0 Å². The highest BCUT2D eigenvalue weighted by Crippen LogP contribution is 2.45. The maximum absolute atomic E-state index is 13.4. The number of aromatic hydroxyl groups is 2. The van der Waals surface area contributed by atoms with Crippen molar-refractivity contribution in [3.63, 3.8) is 0 Å². The summed E-state index contributed by atoms with van der Waals surface area (Å²) >= 11 is 0. The number of ether oxygens (including phenoxy) is 6. The zero-order valence-electron chi connectivity index (χ0n) is 28.3. The second-order valence-corrected chi connectivity index (χ2v) is 12.7. The Morgan fingerprint density at radius 3 is 2.27 bits per heavy atom. The Morgan fingerprint density at radius 2 is 1.49 bits per heavy atom. The fourth-order valence-corrected chi connectivity index (χ4v) is 6.48. The third-order valence-corrected chi connectivity index (χ3v) is 9.29. The van der Waals surface area contributed by atoms with Gasteiger partial charge in [-0.3, -0.25) is 9.59 Å². The summed E-state index contributed by atoms with van der Waals surface area (Å²) in [6.07, 6.45) is -4.33. The molecule has 262 valence electrons. The van der Waals surface area contributed by atoms with Crippen LogP contribution in [0.1, 0.15) is 57.7 Å². The van der Waals surface area contributed by atoms with Crippen molar-refractivity contribution in [2.24, 2.45) is 0 Å². The van der Waals surface area contributed by atoms with Crippen molar-refractivity contribution in [3.05, 3.63) is 113 Å². The SMILES string of the molecule is COc1ccc2cc([C@H](C)C(=O)OC[C@@H]3Oc4ccc(C5Oc6cc(C)cc(O)c6C(=O)[C@H]5O)cc4O[C@H]3c3ccc(O)c(OC)c3)ccc2c1. The molecule has 0 saturated heterocycles. The quantitative estimate of drug-likeness (QED) is 0.153. The number of aryl methyl sites for hydroxylation is 1. The first-order valence-electron chi connectivity index (χ1n) is 16.4. The molecule has 0 bridgehead atoms. The van der Waals surface area contributed by atoms with Crippen molar-refractivity contribution in [1.82, 2.24) is 0 Å². The Morgan fingerprint density at radius 1 is 0.765 bits per heavy atom. The normalized spacial score (nSPS) is 19.8. The molecular formula is C40H36O11. The second kappa shape index (κ2) is 13.4. The van der Waals surface area contributed by atoms with E-state index in [-0.39, 0.29) is 40.9 Å². The summed E-state index contributed by atoms with van der Waals surface area (Å²) in [4.78, 5) is 26.5. The lowest BCUT2D eigenvalue weighted by Gasteiger charge is -2.35. The van der Waals surface area contributed by atoms with Crippen molar-refractivity contribution >= 4 is 22.5 Å². The van der Waals surface area contributed by atoms with Crippen LogP contribution in [-0.4, -0.2) is 60.1 Å². The maximum Gasteiger partial charge on any atom is 0.313 e. The predicted octanol–water partition coefficient (Wildman–Crippen LogP) is 6.48. The number of aliphatic hydroxyl groups excluding tert-OH is 1. The number of ketones is 1. The number of fused-ring (bicyclic) bond motifs is 3. The monoisotopic (exact) mass is 692 g/mol. The van der Waals surface area contributed by atoms with Gasteiger partial charge in [-0.05, 0) is 89.8 Å². The molecule has 0 radical (unpaired) electrons. The zero-order valence-corrected chi connectivity index (χ0v) is 28.3. The number of phenols is 2. The summed E-state index contributed by atoms with van der Waals surface area (Å²) < 4.78 is 35.4. The lowest BCUT2D eigenvalue weighted by atomic mass is 9.92. The molecule has 5 aromatic rings. The molecule has 1 unspecified atom stereocenters. The summed E-state index contributed by atoms with van der Waals surface area (Å²) in [5.74, 6) is -0.286. The lowest BCUT2D eigenvalue weighted by molar-refractivity contribution is -0.150. The molecule has 51 heavy (non-hydrogen) atoms. The van der Waals surface area contributed by atoms with Gasteiger partial charge in [0.05, 0.1) is 20.1 Å². The number of hydrogen-bond acceptors (Lipinski definition) is 11. The van der Waals surface area contributed by atoms with Gasteiger partial charge < -0.3 is 43.7 Å². The van der Waals surface area contributed by atoms with Crippen molar-refractivity contribution in [2.75, 3.05) is 20.8 Å². The fourth-order valence-electron chi connectivity index (χ4n) is 6.48. The van der Waals surface area contributed by atoms with Gasteiger partial charge in [0.1, 0.15) is 29.4 Å². The maximum atomic E-state index is 13.4. The summed E-state index contributed by atoms with van der Waals surface area (Å²) in [5.41, 5.74) is 2.40. The number of rotatable bonds is 8. The number of esters is 1. The Hall–Kier alpha value is -5.94. The standard InChI is InChI=1S/C40H36O11/c1-20-13-29(42)35-33(14-20)51-39(37(44)36(35)43)26-9-12-30-32(18-26)50-38(25-8-11-28(41)31(17-25)47-4)34(49-30)19-48-40(45)21(2)22-5-6-24-16-27(46-3)10-7-23(24)15-22/h5-18,21,34,37-39,41-42,44H,19H2,1-4H3/t21-,34-,37+,38-,39?/m0/s1. The Labute approximate surface area is 293 Å². The van der Waals surface area contributed by atoms with E-state index >= 15 is 0 Å². The molecule has 0 saturated carbocycles. The summed E-state index contributed by atoms with van der Waals surface area (Å²) in [5, 5.41) is 33.5. The molecule has 7 rings (SSSR count). The number of phenolic OH excluding ortho intramolecular Hbond substituents is 2. The molecule has 2 heterocycles. The molecule has 11 nitrogen and oxygen atoms in total. The minimum atomic E-state index is -1.59. The molecule has 0 aromatic heterocycles. The van der Waals surface area contributed by atoms with Crippen molar-refractivity contribution in [3.8, 4) is 40.2 Å². The van der Waals surface area contributed by atoms with E-state index in [4.69, 9.17) is 28.4 Å². The van der Waals surface area contributed by atoms with E-state index in [1.165, 1.54) is 19.2 Å². The van der Waals surface area contributed by atoms with Crippen LogP contribution in [-0.2, 0) is 9.53 Å². The molecule has 0 fully saturated rings. The van der Waals surface area contributed by atoms with Crippen LogP contribution in [0.2, 0.25) is 0 Å². The number of benzene rings is 5. The second-order valence-electron chi connectivity index (χ2n) is 12.7. The van der Waals surface area contributed by atoms with Gasteiger partial charge in [-0.1, -0.05) is 36.4 Å². The molecule has 3 N–H and O–H groups in total. The molecule has 11 heteroatoms. The number of hydrogen-bond donors (Lipinski definition) is 3. The van der Waals surface area contributed by atoms with Gasteiger partial charge in [-0.2, -0.15) is 0 Å². The number of carbonyl (C=O) groups excluding carboxylic acids is 2. The molecular weight excluding hydrogens is 656 g/mol. The zero-order chi connectivity index (χ0) is 36.0. The van der Waals surface area contributed by atoms with Gasteiger partial charge in [0, 0.05) is 5.56 Å². The first-order valence-corrected chi connectivity index (χ1v) is 16.4. The first kappa shape index (κ1) is 33.6. The van der Waals surface area contributed by atoms with Gasteiger partial charge in [0.25, 0.3) is 0 Å². The van der Waals surface area contributed by atoms with Gasteiger partial charge in [-0.25, -0.2) is 0 Å². The molecule has 5 atom stereocenters. The Balaban J connectivity index is 1.15. The van der Waals surface area contributed by atoms with E-state index in [1.807, 2.05) is 36.4 Å². The van der Waals surface area contributed by atoms with Crippen LogP contribution < -0.4 is 23.7 Å². The van der Waals surface area contributed by atoms with Crippen LogP contribution in [0.3, 0.4) is 0 Å². The van der Waals surface area contributed by atoms with Crippen LogP contribution in [0.15, 0.2) is 84.9 Å². The predicted molar refractivity (Wildman–Crippen MR) is 185 cm³/mol. The number of carbonyl (C=O) groups is 2. The van der Waals surface area contributed by atoms with E-state index in [0.29, 0.717) is 22.4 Å². The number of aliphatic hydroxyl groups is 1. The van der Waals surface area contributed by atoms with Crippen LogP contribution in [0.5, 0.6) is 40.2 Å². The molecule has 2 aliphatic heterocycles. The van der Waals surface area contributed by atoms with Crippen molar-refractivity contribution in [1.29, 1.82) is 0 Å². The highest BCUT2D eigenvalue weighted by Gasteiger charge is 2.41. The molecule has 0 aliphatic carbocycles. The minimum absolute atomic E-state index is 0.0686. The molecule has 2 aliphatic rings. The van der Waals surface area contributed by atoms with Gasteiger partial charge in [-0.15, -0.1) is 0 Å². The highest BCUT2D eigenvalue weighted by molar-refractivity contribution is 6.05. The molecule has 5 aromatic carbocycles. The van der Waals surface area contributed by atoms with E-state index in [2.05, 4.69) is 0 Å². The number of methoxy groups -OCH3 is 2. The topological polar surface area (TPSA) is 150 Å². The summed E-state index contributed by atoms with van der Waals surface area (Å²) in [6.45, 7) is 3.37. The van der Waals surface area contributed by atoms with E-state index in [1.54, 1.807) is 57.4 Å². The lowest BCUT2D eigenvalue weighted by Crippen LogP contribution is -2.38. The van der Waals surface area contributed by atoms with E-state index in [9.17, 15) is 24.9 Å². The van der Waals surface area contributed by atoms with Crippen LogP contribution in [0, 0.1) is 6.92 Å². The van der Waals surface area contributed by atoms with E-state index < -0.39 is 42.1 Å². The summed E-state index contributed by atoms with van der Waals surface area (Å²) in [6, 6.07) is 24.2. The third-order valence-electron chi connectivity index (χ3n) is 9.29. The molecule has 0 amide bonds. The Kier molecular flexibility index (Phi) is 8.82. The fraction of sp³-hybridized carbons (Fsp3) is 0.250. The smallest absolute Gasteiger partial charge is 0.313 e. The van der Waals surface area contributed by atoms with Gasteiger partial charge in [0.15, 0.2) is 47.4 Å². The number of Topliss-reactive ketones (excluding diaryl/α,β-unsaturated/α-hetero) is 1. The van der Waals surface area contributed by atoms with Gasteiger partial charge >= 0.3 is 5.97 Å². The highest BCUT2D eigenvalue weighted by atomic mass is 16.6. The van der Waals surface area contributed by atoms with Crippen molar-refractivity contribution in [2.45, 2.75) is 44.2 Å². The van der Waals surface area contributed by atoms with E-state index in [0.717, 1.165) is 22.1 Å². The van der Waals surface area contributed by atoms with Crippen LogP contribution >= 0.6 is 0 Å². The summed E-state index contributed by atoms with van der Waals surface area (Å²) in [7, 11) is 3.04. The average molecular weight is 693 g/mol. The average Bonchev–Trinajstić information content (AvgIpc) is 3.13. The largest absolute Gasteiger partial charge is 0.507 e.